The average Bonchev–Trinajstić information content (AvgIpc) is 2.56. The van der Waals surface area contributed by atoms with E-state index in [9.17, 15) is 0 Å². The number of ether oxygens (including phenoxy) is 1. The standard InChI is InChI=1S/C21H28N2OS/c1-7-17(6)23-12-25-11-18-19(23)10-16(5)22-21(18)24-20-14(3)8-13(2)9-15(20)4/h8-10,17H,7,11-12H2,1-6H3. The van der Waals surface area contributed by atoms with Gasteiger partial charge in [0.15, 0.2) is 0 Å². The molecule has 0 saturated carbocycles. The van der Waals surface area contributed by atoms with E-state index in [1.54, 1.807) is 0 Å². The Hall–Kier alpha value is -1.68. The van der Waals surface area contributed by atoms with Crippen molar-refractivity contribution < 1.29 is 4.74 Å². The van der Waals surface area contributed by atoms with Gasteiger partial charge in [-0.25, -0.2) is 4.98 Å². The van der Waals surface area contributed by atoms with Crippen molar-refractivity contribution in [2.24, 2.45) is 0 Å². The number of rotatable bonds is 4. The molecule has 1 atom stereocenters. The zero-order valence-electron chi connectivity index (χ0n) is 16.1. The Kier molecular flexibility index (Phi) is 5.28. The summed E-state index contributed by atoms with van der Waals surface area (Å²) in [6.07, 6.45) is 1.13. The highest BCUT2D eigenvalue weighted by Crippen LogP contribution is 2.41. The summed E-state index contributed by atoms with van der Waals surface area (Å²) >= 11 is 1.94. The van der Waals surface area contributed by atoms with Gasteiger partial charge in [0, 0.05) is 28.7 Å². The van der Waals surface area contributed by atoms with E-state index in [2.05, 4.69) is 64.6 Å². The number of aromatic nitrogens is 1. The van der Waals surface area contributed by atoms with Crippen LogP contribution in [0, 0.1) is 27.7 Å². The molecule has 1 aliphatic heterocycles. The van der Waals surface area contributed by atoms with Gasteiger partial charge in [0.25, 0.3) is 0 Å². The number of nitrogens with zero attached hydrogens (tertiary/aromatic N) is 2. The molecule has 3 nitrogen and oxygen atoms in total. The van der Waals surface area contributed by atoms with E-state index in [0.717, 1.165) is 46.5 Å². The van der Waals surface area contributed by atoms with Crippen LogP contribution in [-0.4, -0.2) is 16.9 Å². The molecular formula is C21H28N2OS. The Labute approximate surface area is 155 Å². The zero-order chi connectivity index (χ0) is 18.1. The van der Waals surface area contributed by atoms with E-state index >= 15 is 0 Å². The van der Waals surface area contributed by atoms with Crippen LogP contribution in [0.3, 0.4) is 0 Å². The van der Waals surface area contributed by atoms with E-state index in [1.165, 1.54) is 16.8 Å². The average molecular weight is 357 g/mol. The van der Waals surface area contributed by atoms with Crippen LogP contribution in [0.1, 0.15) is 48.2 Å². The number of fused-ring (bicyclic) bond motifs is 1. The first kappa shape index (κ1) is 18.1. The molecule has 2 heterocycles. The van der Waals surface area contributed by atoms with Crippen molar-refractivity contribution in [1.82, 2.24) is 4.98 Å². The molecular weight excluding hydrogens is 328 g/mol. The van der Waals surface area contributed by atoms with Gasteiger partial charge in [-0.05, 0) is 58.2 Å². The Balaban J connectivity index is 2.05. The number of hydrogen-bond donors (Lipinski definition) is 0. The minimum absolute atomic E-state index is 0.518. The third-order valence-electron chi connectivity index (χ3n) is 4.90. The highest BCUT2D eigenvalue weighted by molar-refractivity contribution is 7.98. The van der Waals surface area contributed by atoms with Gasteiger partial charge in [0.2, 0.25) is 5.88 Å². The minimum atomic E-state index is 0.518. The largest absolute Gasteiger partial charge is 0.438 e. The topological polar surface area (TPSA) is 25.4 Å². The van der Waals surface area contributed by atoms with Crippen LogP contribution in [0.2, 0.25) is 0 Å². The first-order valence-electron chi connectivity index (χ1n) is 9.01. The minimum Gasteiger partial charge on any atom is -0.438 e. The summed E-state index contributed by atoms with van der Waals surface area (Å²) in [7, 11) is 0. The fraction of sp³-hybridized carbons (Fsp3) is 0.476. The molecule has 0 bridgehead atoms. The maximum Gasteiger partial charge on any atom is 0.225 e. The second kappa shape index (κ2) is 7.28. The molecule has 1 aliphatic rings. The molecule has 2 aromatic rings. The number of aryl methyl sites for hydroxylation is 4. The first-order valence-corrected chi connectivity index (χ1v) is 10.2. The molecule has 0 amide bonds. The summed E-state index contributed by atoms with van der Waals surface area (Å²) < 4.78 is 6.38. The summed E-state index contributed by atoms with van der Waals surface area (Å²) in [6.45, 7) is 12.9. The first-order chi connectivity index (χ1) is 11.9. The number of thioether (sulfide) groups is 1. The van der Waals surface area contributed by atoms with Crippen molar-refractivity contribution in [1.29, 1.82) is 0 Å². The molecule has 1 aromatic heterocycles. The van der Waals surface area contributed by atoms with Crippen molar-refractivity contribution in [3.63, 3.8) is 0 Å². The lowest BCUT2D eigenvalue weighted by molar-refractivity contribution is 0.449. The SMILES string of the molecule is CCC(C)N1CSCc2c1cc(C)nc2Oc1c(C)cc(C)cc1C. The fourth-order valence-electron chi connectivity index (χ4n) is 3.46. The molecule has 0 radical (unpaired) electrons. The summed E-state index contributed by atoms with van der Waals surface area (Å²) in [5.74, 6) is 3.70. The van der Waals surface area contributed by atoms with Crippen molar-refractivity contribution in [3.05, 3.63) is 46.1 Å². The third kappa shape index (κ3) is 3.64. The van der Waals surface area contributed by atoms with Gasteiger partial charge in [0.05, 0.1) is 5.88 Å². The number of hydrogen-bond acceptors (Lipinski definition) is 4. The lowest BCUT2D eigenvalue weighted by Gasteiger charge is -2.36. The Bertz CT molecular complexity index is 765. The molecule has 0 N–H and O–H groups in total. The molecule has 1 aromatic carbocycles. The number of pyridine rings is 1. The summed E-state index contributed by atoms with van der Waals surface area (Å²) in [6, 6.07) is 7.07. The Morgan fingerprint density at radius 1 is 1.16 bits per heavy atom. The van der Waals surface area contributed by atoms with Crippen LogP contribution >= 0.6 is 11.8 Å². The van der Waals surface area contributed by atoms with E-state index in [1.807, 2.05) is 11.8 Å². The van der Waals surface area contributed by atoms with Gasteiger partial charge in [0.1, 0.15) is 5.75 Å². The summed E-state index contributed by atoms with van der Waals surface area (Å²) in [5, 5.41) is 0. The molecule has 0 spiro atoms. The maximum atomic E-state index is 6.38. The van der Waals surface area contributed by atoms with Gasteiger partial charge in [-0.15, -0.1) is 11.8 Å². The quantitative estimate of drug-likeness (QED) is 0.679. The normalized spacial score (nSPS) is 15.0. The van der Waals surface area contributed by atoms with Crippen molar-refractivity contribution >= 4 is 17.4 Å². The molecule has 1 unspecified atom stereocenters. The lowest BCUT2D eigenvalue weighted by atomic mass is 10.1. The molecule has 4 heteroatoms. The van der Waals surface area contributed by atoms with E-state index in [-0.39, 0.29) is 0 Å². The smallest absolute Gasteiger partial charge is 0.225 e. The second-order valence-corrected chi connectivity index (χ2v) is 8.06. The van der Waals surface area contributed by atoms with Crippen LogP contribution in [0.25, 0.3) is 0 Å². The van der Waals surface area contributed by atoms with Crippen LogP contribution in [0.5, 0.6) is 11.6 Å². The zero-order valence-corrected chi connectivity index (χ0v) is 17.0. The molecule has 0 fully saturated rings. The third-order valence-corrected chi connectivity index (χ3v) is 5.86. The van der Waals surface area contributed by atoms with E-state index in [4.69, 9.17) is 9.72 Å². The predicted molar refractivity (Wildman–Crippen MR) is 108 cm³/mol. The Morgan fingerprint density at radius 2 is 1.84 bits per heavy atom. The van der Waals surface area contributed by atoms with Gasteiger partial charge >= 0.3 is 0 Å². The van der Waals surface area contributed by atoms with Crippen LogP contribution in [-0.2, 0) is 5.75 Å². The molecule has 134 valence electrons. The van der Waals surface area contributed by atoms with Gasteiger partial charge in [-0.2, -0.15) is 0 Å². The number of benzene rings is 1. The van der Waals surface area contributed by atoms with Gasteiger partial charge < -0.3 is 9.64 Å². The van der Waals surface area contributed by atoms with Crippen LogP contribution in [0.15, 0.2) is 18.2 Å². The fourth-order valence-corrected chi connectivity index (χ4v) is 4.61. The van der Waals surface area contributed by atoms with Crippen molar-refractivity contribution in [2.45, 2.75) is 59.8 Å². The van der Waals surface area contributed by atoms with Gasteiger partial charge in [-0.1, -0.05) is 24.6 Å². The van der Waals surface area contributed by atoms with E-state index in [0.29, 0.717) is 6.04 Å². The lowest BCUT2D eigenvalue weighted by Crippen LogP contribution is -2.35. The van der Waals surface area contributed by atoms with Crippen molar-refractivity contribution in [2.75, 3.05) is 10.8 Å². The summed E-state index contributed by atoms with van der Waals surface area (Å²) in [5.41, 5.74) is 7.12. The monoisotopic (exact) mass is 356 g/mol. The molecule has 0 aliphatic carbocycles. The highest BCUT2D eigenvalue weighted by atomic mass is 32.2. The van der Waals surface area contributed by atoms with Crippen LogP contribution in [0.4, 0.5) is 5.69 Å². The molecule has 0 saturated heterocycles. The molecule has 3 rings (SSSR count). The van der Waals surface area contributed by atoms with Crippen molar-refractivity contribution in [3.8, 4) is 11.6 Å². The highest BCUT2D eigenvalue weighted by Gasteiger charge is 2.25. The number of anilines is 1. The molecule has 25 heavy (non-hydrogen) atoms. The maximum absolute atomic E-state index is 6.38. The van der Waals surface area contributed by atoms with E-state index < -0.39 is 0 Å². The van der Waals surface area contributed by atoms with Crippen LogP contribution < -0.4 is 9.64 Å². The summed E-state index contributed by atoms with van der Waals surface area (Å²) in [4.78, 5) is 7.23. The Morgan fingerprint density at radius 3 is 2.48 bits per heavy atom. The van der Waals surface area contributed by atoms with Gasteiger partial charge in [-0.3, -0.25) is 0 Å². The predicted octanol–water partition coefficient (Wildman–Crippen LogP) is 5.92. The second-order valence-electron chi connectivity index (χ2n) is 7.10.